The maximum Gasteiger partial charge on any atom is 0.333 e. The molecule has 0 aromatic heterocycles. The fourth-order valence-electron chi connectivity index (χ4n) is 2.59. The van der Waals surface area contributed by atoms with Crippen LogP contribution in [-0.4, -0.2) is 12.1 Å². The molecule has 1 aliphatic carbocycles. The van der Waals surface area contributed by atoms with Crippen molar-refractivity contribution in [3.8, 4) is 0 Å². The van der Waals surface area contributed by atoms with Crippen molar-refractivity contribution in [1.82, 2.24) is 0 Å². The Morgan fingerprint density at radius 3 is 2.29 bits per heavy atom. The molecule has 98 valence electrons. The van der Waals surface area contributed by atoms with Gasteiger partial charge in [0.2, 0.25) is 0 Å². The summed E-state index contributed by atoms with van der Waals surface area (Å²) in [7, 11) is 0. The molecule has 0 radical (unpaired) electrons. The molecule has 2 heteroatoms. The van der Waals surface area contributed by atoms with Crippen molar-refractivity contribution in [1.29, 1.82) is 0 Å². The van der Waals surface area contributed by atoms with Crippen LogP contribution in [0.1, 0.15) is 59.8 Å². The molecule has 1 saturated carbocycles. The molecule has 0 spiro atoms. The van der Waals surface area contributed by atoms with Crippen molar-refractivity contribution in [2.45, 2.75) is 65.9 Å². The van der Waals surface area contributed by atoms with E-state index in [1.807, 2.05) is 6.92 Å². The Bertz CT molecular complexity index is 285. The van der Waals surface area contributed by atoms with Gasteiger partial charge in [0.1, 0.15) is 6.10 Å². The number of esters is 1. The highest BCUT2D eigenvalue weighted by atomic mass is 16.5. The first-order chi connectivity index (χ1) is 7.85. The maximum absolute atomic E-state index is 11.6. The molecule has 0 heterocycles. The summed E-state index contributed by atoms with van der Waals surface area (Å²) in [6, 6.07) is 0. The first-order valence-corrected chi connectivity index (χ1v) is 6.72. The summed E-state index contributed by atoms with van der Waals surface area (Å²) < 4.78 is 5.49. The highest BCUT2D eigenvalue weighted by Crippen LogP contribution is 2.41. The fraction of sp³-hybridized carbons (Fsp3) is 0.800. The molecule has 17 heavy (non-hydrogen) atoms. The van der Waals surface area contributed by atoms with Crippen LogP contribution in [0.25, 0.3) is 0 Å². The third-order valence-electron chi connectivity index (χ3n) is 4.34. The van der Waals surface area contributed by atoms with E-state index in [4.69, 9.17) is 4.74 Å². The molecule has 0 amide bonds. The van der Waals surface area contributed by atoms with Crippen molar-refractivity contribution in [3.05, 3.63) is 12.2 Å². The monoisotopic (exact) mass is 238 g/mol. The van der Waals surface area contributed by atoms with Gasteiger partial charge in [0, 0.05) is 11.0 Å². The lowest BCUT2D eigenvalue weighted by atomic mass is 9.68. The zero-order valence-corrected chi connectivity index (χ0v) is 11.7. The highest BCUT2D eigenvalue weighted by Gasteiger charge is 2.37. The average molecular weight is 238 g/mol. The largest absolute Gasteiger partial charge is 0.459 e. The third kappa shape index (κ3) is 3.58. The molecule has 0 aromatic carbocycles. The van der Waals surface area contributed by atoms with Gasteiger partial charge in [0.25, 0.3) is 0 Å². The van der Waals surface area contributed by atoms with E-state index < -0.39 is 0 Å². The second-order valence-corrected chi connectivity index (χ2v) is 5.98. The van der Waals surface area contributed by atoms with Crippen LogP contribution >= 0.6 is 0 Å². The van der Waals surface area contributed by atoms with Crippen molar-refractivity contribution >= 4 is 5.97 Å². The number of carbonyl (C=O) groups excluding carboxylic acids is 1. The predicted octanol–water partition coefficient (Wildman–Crippen LogP) is 4.10. The molecule has 0 aliphatic heterocycles. The van der Waals surface area contributed by atoms with Crippen LogP contribution < -0.4 is 0 Å². The van der Waals surface area contributed by atoms with Crippen molar-refractivity contribution in [3.63, 3.8) is 0 Å². The van der Waals surface area contributed by atoms with Crippen LogP contribution in [0.4, 0.5) is 0 Å². The number of hydrogen-bond acceptors (Lipinski definition) is 2. The summed E-state index contributed by atoms with van der Waals surface area (Å²) in [5.74, 6) is 0.408. The van der Waals surface area contributed by atoms with Gasteiger partial charge in [-0.3, -0.25) is 0 Å². The molecule has 0 bridgehead atoms. The van der Waals surface area contributed by atoms with Crippen molar-refractivity contribution in [2.75, 3.05) is 0 Å². The van der Waals surface area contributed by atoms with E-state index in [0.717, 1.165) is 0 Å². The molecular formula is C15H26O2. The van der Waals surface area contributed by atoms with Gasteiger partial charge in [-0.15, -0.1) is 0 Å². The second kappa shape index (κ2) is 5.70. The first kappa shape index (κ1) is 14.3. The molecule has 0 saturated heterocycles. The Labute approximate surface area is 105 Å². The van der Waals surface area contributed by atoms with E-state index in [0.29, 0.717) is 11.5 Å². The molecule has 1 aliphatic rings. The van der Waals surface area contributed by atoms with Crippen LogP contribution in [0.5, 0.6) is 0 Å². The van der Waals surface area contributed by atoms with Gasteiger partial charge in [0.05, 0.1) is 0 Å². The lowest BCUT2D eigenvalue weighted by Gasteiger charge is -2.40. The summed E-state index contributed by atoms with van der Waals surface area (Å²) in [6.45, 7) is 11.8. The highest BCUT2D eigenvalue weighted by molar-refractivity contribution is 5.87. The lowest BCUT2D eigenvalue weighted by Crippen LogP contribution is -2.39. The van der Waals surface area contributed by atoms with Crippen LogP contribution in [0.15, 0.2) is 12.2 Å². The van der Waals surface area contributed by atoms with Crippen LogP contribution in [0.2, 0.25) is 0 Å². The predicted molar refractivity (Wildman–Crippen MR) is 70.7 cm³/mol. The molecule has 1 unspecified atom stereocenters. The molecular weight excluding hydrogens is 212 g/mol. The zero-order valence-electron chi connectivity index (χ0n) is 11.7. The molecule has 2 nitrogen and oxygen atoms in total. The van der Waals surface area contributed by atoms with Gasteiger partial charge in [-0.25, -0.2) is 4.79 Å². The minimum atomic E-state index is -0.263. The summed E-state index contributed by atoms with van der Waals surface area (Å²) >= 11 is 0. The Balaban J connectivity index is 2.61. The normalized spacial score (nSPS) is 19.8. The number of rotatable bonds is 4. The van der Waals surface area contributed by atoms with Crippen molar-refractivity contribution in [2.24, 2.45) is 11.3 Å². The number of hydrogen-bond donors (Lipinski definition) is 0. The van der Waals surface area contributed by atoms with E-state index in [-0.39, 0.29) is 17.5 Å². The first-order valence-electron chi connectivity index (χ1n) is 6.72. The van der Waals surface area contributed by atoms with E-state index in [9.17, 15) is 4.79 Å². The van der Waals surface area contributed by atoms with E-state index in [1.54, 1.807) is 6.92 Å². The number of ether oxygens (including phenoxy) is 1. The lowest BCUT2D eigenvalue weighted by molar-refractivity contribution is -0.151. The van der Waals surface area contributed by atoms with Gasteiger partial charge >= 0.3 is 5.97 Å². The molecule has 1 rings (SSSR count). The minimum Gasteiger partial charge on any atom is -0.459 e. The maximum atomic E-state index is 11.6. The quantitative estimate of drug-likeness (QED) is 0.544. The van der Waals surface area contributed by atoms with E-state index in [2.05, 4.69) is 20.4 Å². The van der Waals surface area contributed by atoms with Crippen LogP contribution in [0.3, 0.4) is 0 Å². The Kier molecular flexibility index (Phi) is 4.79. The summed E-state index contributed by atoms with van der Waals surface area (Å²) in [6.07, 6.45) is 6.47. The smallest absolute Gasteiger partial charge is 0.333 e. The van der Waals surface area contributed by atoms with Crippen molar-refractivity contribution < 1.29 is 9.53 Å². The molecule has 0 N–H and O–H groups in total. The summed E-state index contributed by atoms with van der Waals surface area (Å²) in [5.41, 5.74) is 0.544. The molecule has 1 fully saturated rings. The fourth-order valence-corrected chi connectivity index (χ4v) is 2.59. The van der Waals surface area contributed by atoms with E-state index >= 15 is 0 Å². The standard InChI is InChI=1S/C15H26O2/c1-11(2)14(16)17-12(3)15(4,5)13-9-7-6-8-10-13/h12-13H,1,6-10H2,2-5H3. The van der Waals surface area contributed by atoms with Gasteiger partial charge in [-0.1, -0.05) is 39.7 Å². The summed E-state index contributed by atoms with van der Waals surface area (Å²) in [4.78, 5) is 11.6. The van der Waals surface area contributed by atoms with Gasteiger partial charge in [-0.2, -0.15) is 0 Å². The van der Waals surface area contributed by atoms with Crippen LogP contribution in [-0.2, 0) is 9.53 Å². The Morgan fingerprint density at radius 2 is 1.82 bits per heavy atom. The van der Waals surface area contributed by atoms with E-state index in [1.165, 1.54) is 32.1 Å². The van der Waals surface area contributed by atoms with Gasteiger partial charge < -0.3 is 4.74 Å². The minimum absolute atomic E-state index is 0.0465. The topological polar surface area (TPSA) is 26.3 Å². The number of carbonyl (C=O) groups is 1. The van der Waals surface area contributed by atoms with Gasteiger partial charge in [-0.05, 0) is 32.6 Å². The Morgan fingerprint density at radius 1 is 1.29 bits per heavy atom. The SMILES string of the molecule is C=C(C)C(=O)OC(C)C(C)(C)C1CCCCC1. The Hall–Kier alpha value is -0.790. The average Bonchev–Trinajstić information content (AvgIpc) is 2.29. The molecule has 0 aromatic rings. The van der Waals surface area contributed by atoms with Gasteiger partial charge in [0.15, 0.2) is 0 Å². The second-order valence-electron chi connectivity index (χ2n) is 5.98. The van der Waals surface area contributed by atoms with Crippen LogP contribution in [0, 0.1) is 11.3 Å². The summed E-state index contributed by atoms with van der Waals surface area (Å²) in [5, 5.41) is 0. The third-order valence-corrected chi connectivity index (χ3v) is 4.34. The zero-order chi connectivity index (χ0) is 13.1. The molecule has 1 atom stereocenters.